The van der Waals surface area contributed by atoms with E-state index in [1.807, 2.05) is 47.2 Å². The van der Waals surface area contributed by atoms with Crippen molar-refractivity contribution in [1.82, 2.24) is 30.0 Å². The molecule has 0 saturated carbocycles. The second-order valence-corrected chi connectivity index (χ2v) is 9.10. The zero-order valence-electron chi connectivity index (χ0n) is 21.7. The Hall–Kier alpha value is -4.98. The zero-order valence-corrected chi connectivity index (χ0v) is 21.7. The van der Waals surface area contributed by atoms with Gasteiger partial charge in [-0.05, 0) is 54.8 Å². The van der Waals surface area contributed by atoms with Crippen LogP contribution in [0.4, 0.5) is 0 Å². The number of aryl methyl sites for hydroxylation is 3. The van der Waals surface area contributed by atoms with Crippen LogP contribution in [0.3, 0.4) is 0 Å². The molecule has 0 aliphatic rings. The van der Waals surface area contributed by atoms with E-state index in [1.165, 1.54) is 22.0 Å². The van der Waals surface area contributed by atoms with Gasteiger partial charge in [-0.2, -0.15) is 0 Å². The normalized spacial score (nSPS) is 10.7. The lowest BCUT2D eigenvalue weighted by atomic mass is 10.1. The van der Waals surface area contributed by atoms with E-state index in [1.54, 1.807) is 30.7 Å². The lowest BCUT2D eigenvalue weighted by molar-refractivity contribution is 0.0944. The van der Waals surface area contributed by atoms with Crippen LogP contribution in [0.1, 0.15) is 39.0 Å². The summed E-state index contributed by atoms with van der Waals surface area (Å²) in [5.41, 5.74) is 4.15. The third kappa shape index (κ3) is 6.67. The number of nitrogens with one attached hydrogen (secondary N) is 2. The minimum absolute atomic E-state index is 0.246. The Balaban J connectivity index is 0.000000257. The number of carbonyl (C=O) groups is 1. The van der Waals surface area contributed by atoms with Crippen LogP contribution in [0.25, 0.3) is 10.9 Å². The van der Waals surface area contributed by atoms with Crippen molar-refractivity contribution in [3.05, 3.63) is 138 Å². The second kappa shape index (κ2) is 12.5. The standard InChI is InChI=1S/C22H21N5O2.C9H9N/c28-22(19-10-4-5-13-23-19)24-15-21-26-25-20(12-11-17-7-2-1-3-8-17)27(21)16-18-9-6-14-29-18;1-7-6-10-9-5-3-2-4-8(7)9/h1-10,13-14H,11-12,15-16H2,(H,24,28);2-6,10H,1H3. The molecule has 0 unspecified atom stereocenters. The summed E-state index contributed by atoms with van der Waals surface area (Å²) in [6.07, 6.45) is 6.87. The maximum Gasteiger partial charge on any atom is 0.270 e. The molecule has 0 aliphatic carbocycles. The van der Waals surface area contributed by atoms with E-state index in [0.717, 1.165) is 24.4 Å². The van der Waals surface area contributed by atoms with Crippen molar-refractivity contribution in [3.63, 3.8) is 0 Å². The van der Waals surface area contributed by atoms with Crippen LogP contribution in [0.2, 0.25) is 0 Å². The van der Waals surface area contributed by atoms with Crippen LogP contribution in [-0.2, 0) is 25.9 Å². The fourth-order valence-electron chi connectivity index (χ4n) is 4.29. The molecule has 4 aromatic heterocycles. The second-order valence-electron chi connectivity index (χ2n) is 9.10. The van der Waals surface area contributed by atoms with Crippen molar-refractivity contribution in [2.45, 2.75) is 32.9 Å². The molecule has 0 radical (unpaired) electrons. The maximum atomic E-state index is 12.3. The van der Waals surface area contributed by atoms with Gasteiger partial charge in [-0.25, -0.2) is 0 Å². The minimum Gasteiger partial charge on any atom is -0.467 e. The lowest BCUT2D eigenvalue weighted by Gasteiger charge is -2.10. The summed E-state index contributed by atoms with van der Waals surface area (Å²) in [5.74, 6) is 2.09. The molecule has 0 fully saturated rings. The number of pyridine rings is 1. The number of carbonyl (C=O) groups excluding carboxylic acids is 1. The highest BCUT2D eigenvalue weighted by atomic mass is 16.3. The largest absolute Gasteiger partial charge is 0.467 e. The molecule has 2 N–H and O–H groups in total. The van der Waals surface area contributed by atoms with E-state index in [-0.39, 0.29) is 12.5 Å². The predicted molar refractivity (Wildman–Crippen MR) is 150 cm³/mol. The average molecular weight is 519 g/mol. The Labute approximate surface area is 226 Å². The smallest absolute Gasteiger partial charge is 0.270 e. The lowest BCUT2D eigenvalue weighted by Crippen LogP contribution is -2.26. The van der Waals surface area contributed by atoms with E-state index in [4.69, 9.17) is 4.42 Å². The first kappa shape index (κ1) is 25.7. The summed E-state index contributed by atoms with van der Waals surface area (Å²) in [6.45, 7) is 2.88. The highest BCUT2D eigenvalue weighted by Gasteiger charge is 2.15. The number of aromatic nitrogens is 5. The van der Waals surface area contributed by atoms with Gasteiger partial charge in [0, 0.05) is 29.7 Å². The zero-order chi connectivity index (χ0) is 26.9. The van der Waals surface area contributed by atoms with E-state index in [0.29, 0.717) is 18.1 Å². The van der Waals surface area contributed by atoms with Gasteiger partial charge < -0.3 is 19.3 Å². The molecule has 2 aromatic carbocycles. The van der Waals surface area contributed by atoms with Crippen molar-refractivity contribution >= 4 is 16.8 Å². The van der Waals surface area contributed by atoms with Gasteiger partial charge in [0.2, 0.25) is 0 Å². The molecule has 6 rings (SSSR count). The summed E-state index contributed by atoms with van der Waals surface area (Å²) in [5, 5.41) is 12.9. The van der Waals surface area contributed by atoms with Gasteiger partial charge in [0.25, 0.3) is 5.91 Å². The van der Waals surface area contributed by atoms with Crippen LogP contribution in [0, 0.1) is 6.92 Å². The monoisotopic (exact) mass is 518 g/mol. The fourth-order valence-corrected chi connectivity index (χ4v) is 4.29. The first-order valence-electron chi connectivity index (χ1n) is 12.9. The Kier molecular flexibility index (Phi) is 8.23. The molecule has 0 saturated heterocycles. The summed E-state index contributed by atoms with van der Waals surface area (Å²) in [7, 11) is 0. The molecule has 8 heteroatoms. The number of hydrogen-bond donors (Lipinski definition) is 2. The number of amides is 1. The molecule has 0 atom stereocenters. The van der Waals surface area contributed by atoms with Crippen LogP contribution in [0.5, 0.6) is 0 Å². The molecule has 1 amide bonds. The molecule has 39 heavy (non-hydrogen) atoms. The highest BCUT2D eigenvalue weighted by Crippen LogP contribution is 2.15. The third-order valence-electron chi connectivity index (χ3n) is 6.38. The van der Waals surface area contributed by atoms with Gasteiger partial charge >= 0.3 is 0 Å². The number of nitrogens with zero attached hydrogens (tertiary/aromatic N) is 4. The highest BCUT2D eigenvalue weighted by molar-refractivity contribution is 5.92. The minimum atomic E-state index is -0.246. The Morgan fingerprint density at radius 1 is 0.897 bits per heavy atom. The van der Waals surface area contributed by atoms with Crippen LogP contribution < -0.4 is 5.32 Å². The van der Waals surface area contributed by atoms with Gasteiger partial charge in [0.05, 0.1) is 19.4 Å². The SMILES string of the molecule is Cc1c[nH]c2ccccc12.O=C(NCc1nnc(CCc2ccccc2)n1Cc1ccco1)c1ccccn1. The third-order valence-corrected chi connectivity index (χ3v) is 6.38. The molecule has 196 valence electrons. The quantitative estimate of drug-likeness (QED) is 0.277. The molecule has 6 aromatic rings. The molecular weight excluding hydrogens is 488 g/mol. The number of H-pyrrole nitrogens is 1. The number of para-hydroxylation sites is 1. The van der Waals surface area contributed by atoms with E-state index in [9.17, 15) is 4.79 Å². The number of fused-ring (bicyclic) bond motifs is 1. The van der Waals surface area contributed by atoms with Gasteiger partial charge in [-0.1, -0.05) is 54.6 Å². The van der Waals surface area contributed by atoms with Gasteiger partial charge in [-0.3, -0.25) is 9.78 Å². The van der Waals surface area contributed by atoms with Gasteiger partial charge in [-0.15, -0.1) is 10.2 Å². The summed E-state index contributed by atoms with van der Waals surface area (Å²) >= 11 is 0. The fraction of sp³-hybridized carbons (Fsp3) is 0.161. The Morgan fingerprint density at radius 2 is 1.69 bits per heavy atom. The predicted octanol–water partition coefficient (Wildman–Crippen LogP) is 5.51. The first-order valence-corrected chi connectivity index (χ1v) is 12.9. The Bertz CT molecular complexity index is 1610. The van der Waals surface area contributed by atoms with Gasteiger partial charge in [0.1, 0.15) is 17.3 Å². The van der Waals surface area contributed by atoms with Crippen molar-refractivity contribution in [2.24, 2.45) is 0 Å². The van der Waals surface area contributed by atoms with Crippen molar-refractivity contribution in [2.75, 3.05) is 0 Å². The van der Waals surface area contributed by atoms with Crippen LogP contribution in [-0.4, -0.2) is 30.6 Å². The number of rotatable bonds is 8. The summed E-state index contributed by atoms with van der Waals surface area (Å²) in [6, 6.07) is 27.6. The summed E-state index contributed by atoms with van der Waals surface area (Å²) < 4.78 is 7.50. The average Bonchev–Trinajstić information content (AvgIpc) is 3.74. The number of benzene rings is 2. The molecule has 0 aliphatic heterocycles. The van der Waals surface area contributed by atoms with Crippen molar-refractivity contribution in [3.8, 4) is 0 Å². The van der Waals surface area contributed by atoms with Crippen molar-refractivity contribution in [1.29, 1.82) is 0 Å². The maximum absolute atomic E-state index is 12.3. The molecule has 4 heterocycles. The number of aromatic amines is 1. The van der Waals surface area contributed by atoms with Crippen LogP contribution in [0.15, 0.2) is 108 Å². The van der Waals surface area contributed by atoms with Crippen molar-refractivity contribution < 1.29 is 9.21 Å². The molecule has 0 spiro atoms. The van der Waals surface area contributed by atoms with Gasteiger partial charge in [0.15, 0.2) is 5.82 Å². The molecule has 0 bridgehead atoms. The summed E-state index contributed by atoms with van der Waals surface area (Å²) in [4.78, 5) is 19.6. The number of hydrogen-bond acceptors (Lipinski definition) is 5. The molecular formula is C31H30N6O2. The van der Waals surface area contributed by atoms with Crippen LogP contribution >= 0.6 is 0 Å². The molecule has 8 nitrogen and oxygen atoms in total. The number of furan rings is 1. The van der Waals surface area contributed by atoms with E-state index in [2.05, 4.69) is 62.7 Å². The Morgan fingerprint density at radius 3 is 2.46 bits per heavy atom. The van der Waals surface area contributed by atoms with E-state index >= 15 is 0 Å². The topological polar surface area (TPSA) is 102 Å². The first-order chi connectivity index (χ1) is 19.2. The van der Waals surface area contributed by atoms with E-state index < -0.39 is 0 Å².